The number of amides is 1. The van der Waals surface area contributed by atoms with E-state index in [1.165, 1.54) is 36.4 Å². The molecule has 2 rings (SSSR count). The van der Waals surface area contributed by atoms with Crippen LogP contribution in [0.5, 0.6) is 5.75 Å². The first-order valence-electron chi connectivity index (χ1n) is 6.52. The van der Waals surface area contributed by atoms with E-state index in [1.54, 1.807) is 0 Å². The molecule has 7 heteroatoms. The minimum Gasteiger partial charge on any atom is -0.491 e. The van der Waals surface area contributed by atoms with E-state index >= 15 is 0 Å². The molecule has 1 unspecified atom stereocenters. The number of benzene rings is 1. The molecule has 0 spiro atoms. The summed E-state index contributed by atoms with van der Waals surface area (Å²) in [4.78, 5) is 14.4. The molecule has 1 aromatic carbocycles. The number of nitrogens with zero attached hydrogens (tertiary/aromatic N) is 1. The van der Waals surface area contributed by atoms with E-state index in [4.69, 9.17) is 10.00 Å². The minimum absolute atomic E-state index is 0.0130. The average Bonchev–Trinajstić information content (AvgIpc) is 3.01. The van der Waals surface area contributed by atoms with E-state index in [0.29, 0.717) is 5.75 Å². The molecule has 0 aliphatic heterocycles. The fraction of sp³-hybridized carbons (Fsp3) is 0.200. The van der Waals surface area contributed by atoms with Crippen molar-refractivity contribution in [2.75, 3.05) is 13.2 Å². The molecular formula is C15H14FN3O3. The number of ether oxygens (including phenoxy) is 1. The Morgan fingerprint density at radius 3 is 2.73 bits per heavy atom. The zero-order chi connectivity index (χ0) is 15.9. The van der Waals surface area contributed by atoms with Crippen molar-refractivity contribution >= 4 is 5.91 Å². The number of aliphatic hydroxyl groups is 1. The molecule has 0 aliphatic carbocycles. The Balaban J connectivity index is 1.75. The highest BCUT2D eigenvalue weighted by atomic mass is 19.1. The summed E-state index contributed by atoms with van der Waals surface area (Å²) in [7, 11) is 0. The lowest BCUT2D eigenvalue weighted by Gasteiger charge is -2.13. The number of halogens is 1. The number of aromatic nitrogens is 1. The molecule has 3 N–H and O–H groups in total. The van der Waals surface area contributed by atoms with Crippen LogP contribution in [0.15, 0.2) is 36.4 Å². The van der Waals surface area contributed by atoms with E-state index in [-0.39, 0.29) is 30.4 Å². The van der Waals surface area contributed by atoms with Crippen LogP contribution in [0.4, 0.5) is 4.39 Å². The lowest BCUT2D eigenvalue weighted by atomic mass is 10.3. The Bertz CT molecular complexity index is 676. The summed E-state index contributed by atoms with van der Waals surface area (Å²) in [6.07, 6.45) is -0.917. The van der Waals surface area contributed by atoms with E-state index in [1.807, 2.05) is 6.07 Å². The van der Waals surface area contributed by atoms with E-state index in [9.17, 15) is 14.3 Å². The maximum absolute atomic E-state index is 12.7. The number of nitrogens with one attached hydrogen (secondary N) is 2. The van der Waals surface area contributed by atoms with Gasteiger partial charge in [-0.15, -0.1) is 0 Å². The number of carbonyl (C=O) groups excluding carboxylic acids is 1. The third-order valence-electron chi connectivity index (χ3n) is 2.81. The summed E-state index contributed by atoms with van der Waals surface area (Å²) >= 11 is 0. The van der Waals surface area contributed by atoms with Crippen LogP contribution in [0.2, 0.25) is 0 Å². The predicted molar refractivity (Wildman–Crippen MR) is 75.7 cm³/mol. The third-order valence-corrected chi connectivity index (χ3v) is 2.81. The minimum atomic E-state index is -0.917. The molecular weight excluding hydrogens is 289 g/mol. The molecule has 0 aliphatic rings. The van der Waals surface area contributed by atoms with Crippen molar-refractivity contribution in [1.29, 1.82) is 5.26 Å². The molecule has 22 heavy (non-hydrogen) atoms. The van der Waals surface area contributed by atoms with E-state index in [2.05, 4.69) is 10.3 Å². The Labute approximate surface area is 126 Å². The highest BCUT2D eigenvalue weighted by Crippen LogP contribution is 2.11. The van der Waals surface area contributed by atoms with Crippen LogP contribution in [0, 0.1) is 17.1 Å². The van der Waals surface area contributed by atoms with E-state index in [0.717, 1.165) is 0 Å². The quantitative estimate of drug-likeness (QED) is 0.746. The second-order valence-electron chi connectivity index (χ2n) is 4.53. The van der Waals surface area contributed by atoms with Crippen LogP contribution in [0.3, 0.4) is 0 Å². The summed E-state index contributed by atoms with van der Waals surface area (Å²) in [6.45, 7) is -0.0545. The average molecular weight is 303 g/mol. The standard InChI is InChI=1S/C15H14FN3O3/c16-10-1-4-13(5-2-10)22-9-12(20)8-18-15(21)14-6-3-11(7-17)19-14/h1-6,12,19-20H,8-9H2,(H,18,21). The van der Waals surface area contributed by atoms with Crippen LogP contribution in [-0.4, -0.2) is 35.3 Å². The van der Waals surface area contributed by atoms with Crippen molar-refractivity contribution in [3.05, 3.63) is 53.6 Å². The molecule has 0 radical (unpaired) electrons. The largest absolute Gasteiger partial charge is 0.491 e. The molecule has 1 heterocycles. The lowest BCUT2D eigenvalue weighted by Crippen LogP contribution is -2.35. The highest BCUT2D eigenvalue weighted by Gasteiger charge is 2.11. The van der Waals surface area contributed by atoms with Crippen molar-refractivity contribution in [3.8, 4) is 11.8 Å². The van der Waals surface area contributed by atoms with Crippen molar-refractivity contribution in [1.82, 2.24) is 10.3 Å². The molecule has 114 valence electrons. The fourth-order valence-electron chi connectivity index (χ4n) is 1.68. The van der Waals surface area contributed by atoms with Crippen molar-refractivity contribution in [2.24, 2.45) is 0 Å². The SMILES string of the molecule is N#Cc1ccc(C(=O)NCC(O)COc2ccc(F)cc2)[nH]1. The first-order valence-corrected chi connectivity index (χ1v) is 6.52. The maximum atomic E-state index is 12.7. The number of rotatable bonds is 6. The molecule has 6 nitrogen and oxygen atoms in total. The third kappa shape index (κ3) is 4.33. The van der Waals surface area contributed by atoms with Gasteiger partial charge in [0.2, 0.25) is 0 Å². The Hall–Kier alpha value is -2.85. The van der Waals surface area contributed by atoms with Crippen LogP contribution in [0.1, 0.15) is 16.2 Å². The van der Waals surface area contributed by atoms with Gasteiger partial charge in [0.15, 0.2) is 0 Å². The monoisotopic (exact) mass is 303 g/mol. The Morgan fingerprint density at radius 2 is 2.09 bits per heavy atom. The number of carbonyl (C=O) groups is 1. The van der Waals surface area contributed by atoms with Crippen LogP contribution in [0.25, 0.3) is 0 Å². The normalized spacial score (nSPS) is 11.5. The van der Waals surface area contributed by atoms with Crippen molar-refractivity contribution in [2.45, 2.75) is 6.10 Å². The van der Waals surface area contributed by atoms with Gasteiger partial charge in [0.25, 0.3) is 5.91 Å². The summed E-state index contributed by atoms with van der Waals surface area (Å²) < 4.78 is 18.0. The van der Waals surface area contributed by atoms with Gasteiger partial charge in [-0.1, -0.05) is 0 Å². The van der Waals surface area contributed by atoms with Crippen molar-refractivity contribution < 1.29 is 19.0 Å². The number of H-pyrrole nitrogens is 1. The maximum Gasteiger partial charge on any atom is 0.267 e. The lowest BCUT2D eigenvalue weighted by molar-refractivity contribution is 0.0840. The fourth-order valence-corrected chi connectivity index (χ4v) is 1.68. The zero-order valence-electron chi connectivity index (χ0n) is 11.5. The first kappa shape index (κ1) is 15.5. The number of aliphatic hydroxyl groups excluding tert-OH is 1. The van der Waals surface area contributed by atoms with Crippen LogP contribution >= 0.6 is 0 Å². The Morgan fingerprint density at radius 1 is 1.36 bits per heavy atom. The Kier molecular flexibility index (Phi) is 5.11. The van der Waals surface area contributed by atoms with Crippen LogP contribution < -0.4 is 10.1 Å². The topological polar surface area (TPSA) is 98.1 Å². The second-order valence-corrected chi connectivity index (χ2v) is 4.53. The molecule has 2 aromatic rings. The van der Waals surface area contributed by atoms with Gasteiger partial charge in [-0.3, -0.25) is 4.79 Å². The van der Waals surface area contributed by atoms with Gasteiger partial charge in [-0.25, -0.2) is 4.39 Å². The van der Waals surface area contributed by atoms with Gasteiger partial charge in [0.05, 0.1) is 0 Å². The molecule has 0 bridgehead atoms. The summed E-state index contributed by atoms with van der Waals surface area (Å²) in [6, 6.07) is 10.2. The molecule has 0 saturated heterocycles. The molecule has 1 aromatic heterocycles. The smallest absolute Gasteiger partial charge is 0.267 e. The van der Waals surface area contributed by atoms with Gasteiger partial charge in [0, 0.05) is 6.54 Å². The number of nitriles is 1. The first-order chi connectivity index (χ1) is 10.6. The summed E-state index contributed by atoms with van der Waals surface area (Å²) in [5, 5.41) is 20.9. The van der Waals surface area contributed by atoms with E-state index < -0.39 is 12.0 Å². The zero-order valence-corrected chi connectivity index (χ0v) is 11.5. The second kappa shape index (κ2) is 7.24. The van der Waals surface area contributed by atoms with Gasteiger partial charge in [-0.05, 0) is 36.4 Å². The molecule has 0 saturated carbocycles. The number of hydrogen-bond donors (Lipinski definition) is 3. The van der Waals surface area contributed by atoms with Crippen LogP contribution in [-0.2, 0) is 0 Å². The number of hydrogen-bond acceptors (Lipinski definition) is 4. The summed E-state index contributed by atoms with van der Waals surface area (Å²) in [5.41, 5.74) is 0.522. The van der Waals surface area contributed by atoms with Gasteiger partial charge in [0.1, 0.15) is 41.7 Å². The predicted octanol–water partition coefficient (Wildman–Crippen LogP) is 1.20. The van der Waals surface area contributed by atoms with Gasteiger partial charge in [-0.2, -0.15) is 5.26 Å². The number of aromatic amines is 1. The molecule has 1 amide bonds. The van der Waals surface area contributed by atoms with Gasteiger partial charge < -0.3 is 20.1 Å². The van der Waals surface area contributed by atoms with Crippen molar-refractivity contribution in [3.63, 3.8) is 0 Å². The van der Waals surface area contributed by atoms with Gasteiger partial charge >= 0.3 is 0 Å². The molecule has 1 atom stereocenters. The highest BCUT2D eigenvalue weighted by molar-refractivity contribution is 5.92. The summed E-state index contributed by atoms with van der Waals surface area (Å²) in [5.74, 6) is -0.375. The molecule has 0 fully saturated rings.